The first kappa shape index (κ1) is 16.0. The summed E-state index contributed by atoms with van der Waals surface area (Å²) in [5.74, 6) is 0.759. The van der Waals surface area contributed by atoms with Gasteiger partial charge in [-0.3, -0.25) is 14.7 Å². The minimum absolute atomic E-state index is 0.151. The van der Waals surface area contributed by atoms with Gasteiger partial charge in [-0.2, -0.15) is 0 Å². The Morgan fingerprint density at radius 3 is 2.62 bits per heavy atom. The van der Waals surface area contributed by atoms with E-state index in [1.807, 2.05) is 39.1 Å². The molecule has 1 fully saturated rings. The average molecular weight is 289 g/mol. The van der Waals surface area contributed by atoms with Gasteiger partial charge in [-0.25, -0.2) is 0 Å². The first-order valence-electron chi connectivity index (χ1n) is 7.86. The summed E-state index contributed by atoms with van der Waals surface area (Å²) in [6.45, 7) is 9.79. The van der Waals surface area contributed by atoms with Crippen LogP contribution in [0.25, 0.3) is 0 Å². The van der Waals surface area contributed by atoms with Crippen molar-refractivity contribution in [3.05, 3.63) is 30.1 Å². The molecule has 0 spiro atoms. The molecule has 4 nitrogen and oxygen atoms in total. The summed E-state index contributed by atoms with van der Waals surface area (Å²) in [5.41, 5.74) is 0.844. The van der Waals surface area contributed by atoms with E-state index in [0.717, 1.165) is 44.7 Å². The summed E-state index contributed by atoms with van der Waals surface area (Å²) >= 11 is 0. The molecule has 0 aromatic carbocycles. The molecule has 1 saturated heterocycles. The van der Waals surface area contributed by atoms with Crippen molar-refractivity contribution in [1.82, 2.24) is 15.2 Å². The maximum atomic E-state index is 11.9. The number of hydrogen-bond acceptors (Lipinski definition) is 3. The van der Waals surface area contributed by atoms with Crippen molar-refractivity contribution in [1.29, 1.82) is 0 Å². The van der Waals surface area contributed by atoms with Crippen molar-refractivity contribution in [2.75, 3.05) is 19.6 Å². The van der Waals surface area contributed by atoms with Crippen molar-refractivity contribution in [3.8, 4) is 0 Å². The zero-order chi connectivity index (χ0) is 15.3. The summed E-state index contributed by atoms with van der Waals surface area (Å²) in [5, 5.41) is 3.09. The van der Waals surface area contributed by atoms with Gasteiger partial charge in [0, 0.05) is 24.7 Å². The molecule has 0 saturated carbocycles. The van der Waals surface area contributed by atoms with Crippen molar-refractivity contribution < 1.29 is 4.79 Å². The van der Waals surface area contributed by atoms with E-state index in [2.05, 4.69) is 21.3 Å². The fourth-order valence-electron chi connectivity index (χ4n) is 2.57. The van der Waals surface area contributed by atoms with Crippen LogP contribution in [0.5, 0.6) is 0 Å². The summed E-state index contributed by atoms with van der Waals surface area (Å²) in [6, 6.07) is 6.07. The fourth-order valence-corrected chi connectivity index (χ4v) is 2.57. The minimum Gasteiger partial charge on any atom is -0.355 e. The molecular formula is C17H27N3O. The maximum absolute atomic E-state index is 11.9. The zero-order valence-electron chi connectivity index (χ0n) is 13.4. The van der Waals surface area contributed by atoms with Gasteiger partial charge in [-0.05, 0) is 44.0 Å². The predicted octanol–water partition coefficient (Wildman–Crippen LogP) is 2.46. The Kier molecular flexibility index (Phi) is 5.34. The number of aromatic nitrogens is 1. The Labute approximate surface area is 127 Å². The van der Waals surface area contributed by atoms with Crippen molar-refractivity contribution >= 4 is 5.91 Å². The van der Waals surface area contributed by atoms with Crippen LogP contribution in [-0.2, 0) is 11.3 Å². The Balaban J connectivity index is 1.70. The van der Waals surface area contributed by atoms with Crippen LogP contribution in [0, 0.1) is 11.3 Å². The second-order valence-corrected chi connectivity index (χ2v) is 7.00. The molecule has 2 heterocycles. The smallest absolute Gasteiger partial charge is 0.225 e. The number of nitrogens with one attached hydrogen (secondary N) is 1. The summed E-state index contributed by atoms with van der Waals surface area (Å²) in [4.78, 5) is 18.7. The van der Waals surface area contributed by atoms with Crippen LogP contribution < -0.4 is 5.32 Å². The summed E-state index contributed by atoms with van der Waals surface area (Å²) in [6.07, 6.45) is 4.15. The topological polar surface area (TPSA) is 45.2 Å². The van der Waals surface area contributed by atoms with Gasteiger partial charge in [0.25, 0.3) is 0 Å². The number of carbonyl (C=O) groups is 1. The molecule has 116 valence electrons. The molecule has 1 N–H and O–H groups in total. The average Bonchev–Trinajstić information content (AvgIpc) is 2.46. The lowest BCUT2D eigenvalue weighted by molar-refractivity contribution is -0.128. The van der Waals surface area contributed by atoms with Crippen LogP contribution in [0.3, 0.4) is 0 Å². The number of hydrogen-bond donors (Lipinski definition) is 1. The van der Waals surface area contributed by atoms with E-state index in [0.29, 0.717) is 5.92 Å². The first-order valence-corrected chi connectivity index (χ1v) is 7.86. The van der Waals surface area contributed by atoms with E-state index >= 15 is 0 Å². The Morgan fingerprint density at radius 2 is 2.05 bits per heavy atom. The highest BCUT2D eigenvalue weighted by Crippen LogP contribution is 2.19. The second-order valence-electron chi connectivity index (χ2n) is 7.00. The molecule has 0 bridgehead atoms. The molecule has 0 aliphatic carbocycles. The molecule has 0 atom stereocenters. The molecule has 1 amide bonds. The molecule has 21 heavy (non-hydrogen) atoms. The van der Waals surface area contributed by atoms with E-state index in [-0.39, 0.29) is 11.3 Å². The highest BCUT2D eigenvalue weighted by molar-refractivity contribution is 5.81. The number of nitrogens with zero attached hydrogens (tertiary/aromatic N) is 2. The predicted molar refractivity (Wildman–Crippen MR) is 84.7 cm³/mol. The van der Waals surface area contributed by atoms with E-state index in [1.54, 1.807) is 0 Å². The lowest BCUT2D eigenvalue weighted by Gasteiger charge is -2.32. The minimum atomic E-state index is -0.292. The van der Waals surface area contributed by atoms with Crippen LogP contribution in [0.1, 0.15) is 39.3 Å². The van der Waals surface area contributed by atoms with Crippen LogP contribution in [-0.4, -0.2) is 35.4 Å². The van der Waals surface area contributed by atoms with Gasteiger partial charge in [0.05, 0.1) is 5.69 Å². The number of likely N-dealkylation sites (tertiary alicyclic amines) is 1. The van der Waals surface area contributed by atoms with Gasteiger partial charge in [0.1, 0.15) is 0 Å². The highest BCUT2D eigenvalue weighted by Gasteiger charge is 2.24. The molecule has 1 aromatic heterocycles. The normalized spacial score (nSPS) is 17.7. The monoisotopic (exact) mass is 289 g/mol. The molecule has 2 rings (SSSR count). The van der Waals surface area contributed by atoms with Gasteiger partial charge in [-0.15, -0.1) is 0 Å². The quantitative estimate of drug-likeness (QED) is 0.926. The highest BCUT2D eigenvalue weighted by atomic mass is 16.2. The molecular weight excluding hydrogens is 262 g/mol. The van der Waals surface area contributed by atoms with Gasteiger partial charge in [0.2, 0.25) is 5.91 Å². The SMILES string of the molecule is CC(C)(C)C(=O)NCC1CCN(Cc2ccccn2)CC1. The molecule has 0 radical (unpaired) electrons. The van der Waals surface area contributed by atoms with Crippen LogP contribution in [0.15, 0.2) is 24.4 Å². The van der Waals surface area contributed by atoms with E-state index in [9.17, 15) is 4.79 Å². The standard InChI is InChI=1S/C17H27N3O/c1-17(2,3)16(21)19-12-14-7-10-20(11-8-14)13-15-6-4-5-9-18-15/h4-6,9,14H,7-8,10-13H2,1-3H3,(H,19,21). The van der Waals surface area contributed by atoms with Crippen molar-refractivity contribution in [2.45, 2.75) is 40.2 Å². The third-order valence-electron chi connectivity index (χ3n) is 4.05. The number of pyridine rings is 1. The second kappa shape index (κ2) is 7.03. The Morgan fingerprint density at radius 1 is 1.33 bits per heavy atom. The van der Waals surface area contributed by atoms with Crippen molar-refractivity contribution in [3.63, 3.8) is 0 Å². The lowest BCUT2D eigenvalue weighted by Crippen LogP contribution is -2.41. The van der Waals surface area contributed by atoms with E-state index in [1.165, 1.54) is 0 Å². The summed E-state index contributed by atoms with van der Waals surface area (Å²) in [7, 11) is 0. The first-order chi connectivity index (χ1) is 9.95. The third-order valence-corrected chi connectivity index (χ3v) is 4.05. The third kappa shape index (κ3) is 5.12. The number of amides is 1. The van der Waals surface area contributed by atoms with Crippen LogP contribution >= 0.6 is 0 Å². The maximum Gasteiger partial charge on any atom is 0.225 e. The lowest BCUT2D eigenvalue weighted by atomic mass is 9.93. The van der Waals surface area contributed by atoms with Crippen LogP contribution in [0.2, 0.25) is 0 Å². The number of piperidine rings is 1. The van der Waals surface area contributed by atoms with E-state index < -0.39 is 0 Å². The largest absolute Gasteiger partial charge is 0.355 e. The van der Waals surface area contributed by atoms with E-state index in [4.69, 9.17) is 0 Å². The molecule has 1 aliphatic rings. The summed E-state index contributed by atoms with van der Waals surface area (Å²) < 4.78 is 0. The zero-order valence-corrected chi connectivity index (χ0v) is 13.4. The van der Waals surface area contributed by atoms with Crippen LogP contribution in [0.4, 0.5) is 0 Å². The van der Waals surface area contributed by atoms with Gasteiger partial charge in [0.15, 0.2) is 0 Å². The molecule has 1 aromatic rings. The molecule has 4 heteroatoms. The van der Waals surface area contributed by atoms with Gasteiger partial charge >= 0.3 is 0 Å². The molecule has 1 aliphatic heterocycles. The van der Waals surface area contributed by atoms with Gasteiger partial charge < -0.3 is 5.32 Å². The number of rotatable bonds is 4. The number of carbonyl (C=O) groups excluding carboxylic acids is 1. The van der Waals surface area contributed by atoms with Gasteiger partial charge in [-0.1, -0.05) is 26.8 Å². The van der Waals surface area contributed by atoms with Crippen molar-refractivity contribution in [2.24, 2.45) is 11.3 Å². The molecule has 0 unspecified atom stereocenters. The fraction of sp³-hybridized carbons (Fsp3) is 0.647. The Hall–Kier alpha value is -1.42. The Bertz CT molecular complexity index is 445.